The highest BCUT2D eigenvalue weighted by Gasteiger charge is 2.56. The molecule has 0 aromatic heterocycles. The number of nitrogens with one attached hydrogen (secondary N) is 2. The van der Waals surface area contributed by atoms with E-state index in [0.717, 1.165) is 29.8 Å². The predicted octanol–water partition coefficient (Wildman–Crippen LogP) is 5.20. The molecule has 27 heavy (non-hydrogen) atoms. The monoisotopic (exact) mass is 370 g/mol. The van der Waals surface area contributed by atoms with E-state index in [2.05, 4.69) is 11.5 Å². The van der Waals surface area contributed by atoms with E-state index in [4.69, 9.17) is 10.8 Å². The average molecular weight is 371 g/mol. The van der Waals surface area contributed by atoms with Crippen LogP contribution in [-0.2, 0) is 0 Å². The van der Waals surface area contributed by atoms with Gasteiger partial charge in [-0.15, -0.1) is 0 Å². The number of halogens is 1. The average Bonchev–Trinajstić information content (AvgIpc) is 3.59. The molecule has 0 amide bonds. The topological polar surface area (TPSA) is 54.2 Å². The van der Waals surface area contributed by atoms with Crippen molar-refractivity contribution in [3.63, 3.8) is 0 Å². The Morgan fingerprint density at radius 3 is 2.44 bits per heavy atom. The number of amidine groups is 2. The fourth-order valence-electron chi connectivity index (χ4n) is 3.83. The van der Waals surface area contributed by atoms with Crippen molar-refractivity contribution >= 4 is 17.4 Å². The van der Waals surface area contributed by atoms with Crippen LogP contribution in [0.15, 0.2) is 36.5 Å². The zero-order chi connectivity index (χ0) is 19.8. The van der Waals surface area contributed by atoms with Gasteiger partial charge in [0.2, 0.25) is 0 Å². The number of hydrogen-bond acceptors (Lipinski definition) is 3. The predicted molar refractivity (Wildman–Crippen MR) is 110 cm³/mol. The Morgan fingerprint density at radius 1 is 1.22 bits per heavy atom. The van der Waals surface area contributed by atoms with Gasteiger partial charge in [-0.3, -0.25) is 10.8 Å². The molecule has 0 bridgehead atoms. The summed E-state index contributed by atoms with van der Waals surface area (Å²) in [7, 11) is 0. The Kier molecular flexibility index (Phi) is 5.41. The van der Waals surface area contributed by atoms with Crippen LogP contribution in [0, 0.1) is 22.7 Å². The van der Waals surface area contributed by atoms with Gasteiger partial charge in [0, 0.05) is 41.9 Å². The van der Waals surface area contributed by atoms with Crippen LogP contribution in [0.4, 0.5) is 10.1 Å². The smallest absolute Gasteiger partial charge is 0.133 e. The summed E-state index contributed by atoms with van der Waals surface area (Å²) in [5.74, 6) is 1.10. The Morgan fingerprint density at radius 2 is 1.93 bits per heavy atom. The minimum absolute atomic E-state index is 0.110. The maximum absolute atomic E-state index is 14.5. The highest BCUT2D eigenvalue weighted by atomic mass is 19.1. The van der Waals surface area contributed by atoms with E-state index in [1.165, 1.54) is 0 Å². The van der Waals surface area contributed by atoms with Crippen LogP contribution in [0.1, 0.15) is 52.0 Å². The summed E-state index contributed by atoms with van der Waals surface area (Å²) in [6.07, 6.45) is 3.18. The molecule has 5 heteroatoms. The molecule has 2 unspecified atom stereocenters. The molecule has 0 aliphatic heterocycles. The maximum Gasteiger partial charge on any atom is 0.133 e. The number of anilines is 1. The van der Waals surface area contributed by atoms with Crippen molar-refractivity contribution in [2.45, 2.75) is 52.1 Å². The van der Waals surface area contributed by atoms with Gasteiger partial charge >= 0.3 is 0 Å². The van der Waals surface area contributed by atoms with Gasteiger partial charge in [0.05, 0.1) is 0 Å². The highest BCUT2D eigenvalue weighted by molar-refractivity contribution is 6.08. The summed E-state index contributed by atoms with van der Waals surface area (Å²) in [6, 6.07) is 7.79. The lowest BCUT2D eigenvalue weighted by atomic mass is 10.1. The molecule has 2 aliphatic carbocycles. The quantitative estimate of drug-likeness (QED) is 0.488. The largest absolute Gasteiger partial charge is 0.346 e. The number of hydrogen-bond donors (Lipinski definition) is 2. The summed E-state index contributed by atoms with van der Waals surface area (Å²) < 4.78 is 14.5. The van der Waals surface area contributed by atoms with Crippen LogP contribution in [0.25, 0.3) is 0 Å². The summed E-state index contributed by atoms with van der Waals surface area (Å²) in [5, 5.41) is 16.9. The molecule has 3 rings (SSSR count). The molecular formula is C22H31FN4. The second-order valence-electron chi connectivity index (χ2n) is 7.68. The molecule has 2 atom stereocenters. The molecule has 0 spiro atoms. The second kappa shape index (κ2) is 7.45. The van der Waals surface area contributed by atoms with Gasteiger partial charge in [-0.25, -0.2) is 4.39 Å². The van der Waals surface area contributed by atoms with Gasteiger partial charge in [0.25, 0.3) is 0 Å². The third-order valence-corrected chi connectivity index (χ3v) is 5.93. The molecule has 1 aromatic carbocycles. The summed E-state index contributed by atoms with van der Waals surface area (Å²) in [6.45, 7) is 11.4. The van der Waals surface area contributed by atoms with Crippen molar-refractivity contribution in [3.05, 3.63) is 42.1 Å². The normalized spacial score (nSPS) is 23.6. The number of nitrogens with zero attached hydrogens (tertiary/aromatic N) is 2. The van der Waals surface area contributed by atoms with Crippen molar-refractivity contribution in [3.8, 4) is 0 Å². The number of benzene rings is 1. The minimum atomic E-state index is -1.10. The van der Waals surface area contributed by atoms with E-state index < -0.39 is 5.67 Å². The third-order valence-electron chi connectivity index (χ3n) is 5.93. The van der Waals surface area contributed by atoms with E-state index in [-0.39, 0.29) is 5.92 Å². The molecular weight excluding hydrogens is 339 g/mol. The van der Waals surface area contributed by atoms with Gasteiger partial charge in [-0.2, -0.15) is 0 Å². The van der Waals surface area contributed by atoms with Gasteiger partial charge in [-0.05, 0) is 51.7 Å². The Bertz CT molecular complexity index is 754. The van der Waals surface area contributed by atoms with Crippen molar-refractivity contribution in [1.82, 2.24) is 4.90 Å². The number of alkyl halides is 1. The molecule has 4 nitrogen and oxygen atoms in total. The van der Waals surface area contributed by atoms with Crippen LogP contribution in [-0.4, -0.2) is 35.3 Å². The van der Waals surface area contributed by atoms with Crippen molar-refractivity contribution in [1.29, 1.82) is 10.8 Å². The standard InChI is InChI=1S/C22H31FN4/c1-5-22(23)14-19(22)15(4)26(6-2)18-10-8-9-17(13-18)21(25)27(7-3)20(24)16-11-12-16/h8-10,13,16,19,24-25H,4-7,11-12,14H2,1-3H3. The highest BCUT2D eigenvalue weighted by Crippen LogP contribution is 2.54. The van der Waals surface area contributed by atoms with Crippen LogP contribution < -0.4 is 4.90 Å². The third kappa shape index (κ3) is 3.78. The molecule has 2 fully saturated rings. The van der Waals surface area contributed by atoms with Gasteiger partial charge in [0.15, 0.2) is 0 Å². The molecule has 0 radical (unpaired) electrons. The SMILES string of the molecule is C=C(C1CC1(F)CC)N(CC)c1cccc(C(=N)N(CC)C(=N)C2CC2)c1. The first kappa shape index (κ1) is 19.6. The molecule has 0 saturated heterocycles. The van der Waals surface area contributed by atoms with Crippen LogP contribution in [0.3, 0.4) is 0 Å². The first-order valence-electron chi connectivity index (χ1n) is 10.1. The fraction of sp³-hybridized carbons (Fsp3) is 0.545. The van der Waals surface area contributed by atoms with Gasteiger partial charge in [-0.1, -0.05) is 25.6 Å². The number of rotatable bonds is 8. The van der Waals surface area contributed by atoms with Gasteiger partial charge in [0.1, 0.15) is 17.3 Å². The molecule has 0 heterocycles. The van der Waals surface area contributed by atoms with E-state index >= 15 is 0 Å². The molecule has 2 saturated carbocycles. The summed E-state index contributed by atoms with van der Waals surface area (Å²) >= 11 is 0. The first-order valence-corrected chi connectivity index (χ1v) is 10.1. The second-order valence-corrected chi connectivity index (χ2v) is 7.68. The van der Waals surface area contributed by atoms with E-state index in [0.29, 0.717) is 43.5 Å². The van der Waals surface area contributed by atoms with E-state index in [9.17, 15) is 4.39 Å². The van der Waals surface area contributed by atoms with Crippen LogP contribution in [0.2, 0.25) is 0 Å². The maximum atomic E-state index is 14.5. The molecule has 146 valence electrons. The number of allylic oxidation sites excluding steroid dienone is 1. The lowest BCUT2D eigenvalue weighted by Gasteiger charge is -2.28. The van der Waals surface area contributed by atoms with E-state index in [1.54, 1.807) is 4.90 Å². The van der Waals surface area contributed by atoms with Crippen LogP contribution in [0.5, 0.6) is 0 Å². The zero-order valence-electron chi connectivity index (χ0n) is 16.7. The van der Waals surface area contributed by atoms with E-state index in [1.807, 2.05) is 45.0 Å². The molecule has 2 aliphatic rings. The summed E-state index contributed by atoms with van der Waals surface area (Å²) in [4.78, 5) is 3.84. The van der Waals surface area contributed by atoms with Crippen LogP contribution >= 0.6 is 0 Å². The summed E-state index contributed by atoms with van der Waals surface area (Å²) in [5.41, 5.74) is 1.43. The molecule has 1 aromatic rings. The fourth-order valence-corrected chi connectivity index (χ4v) is 3.83. The lowest BCUT2D eigenvalue weighted by Crippen LogP contribution is -2.37. The van der Waals surface area contributed by atoms with Crippen molar-refractivity contribution in [2.75, 3.05) is 18.0 Å². The van der Waals surface area contributed by atoms with Gasteiger partial charge < -0.3 is 9.80 Å². The van der Waals surface area contributed by atoms with Crippen molar-refractivity contribution < 1.29 is 4.39 Å². The minimum Gasteiger partial charge on any atom is -0.346 e. The zero-order valence-corrected chi connectivity index (χ0v) is 16.7. The van der Waals surface area contributed by atoms with Crippen molar-refractivity contribution in [2.24, 2.45) is 11.8 Å². The Labute approximate surface area is 162 Å². The first-order chi connectivity index (χ1) is 12.9. The Hall–Kier alpha value is -2.17. The lowest BCUT2D eigenvalue weighted by molar-refractivity contribution is 0.280. The Balaban J connectivity index is 1.80. The molecule has 2 N–H and O–H groups in total.